The molecule has 0 radical (unpaired) electrons. The summed E-state index contributed by atoms with van der Waals surface area (Å²) < 4.78 is 65.2. The zero-order chi connectivity index (χ0) is 16.4. The maximum Gasteiger partial charge on any atom is 0.502 e. The second kappa shape index (κ2) is 5.76. The fourth-order valence-electron chi connectivity index (χ4n) is 1.53. The van der Waals surface area contributed by atoms with Gasteiger partial charge in [-0.1, -0.05) is 0 Å². The van der Waals surface area contributed by atoms with Crippen molar-refractivity contribution in [1.29, 1.82) is 0 Å². The third-order valence-electron chi connectivity index (χ3n) is 2.44. The second-order valence-corrected chi connectivity index (χ2v) is 5.67. The molecule has 1 N–H and O–H groups in total. The summed E-state index contributed by atoms with van der Waals surface area (Å²) in [5, 5.41) is 13.4. The summed E-state index contributed by atoms with van der Waals surface area (Å²) in [5.41, 5.74) is -6.52. The van der Waals surface area contributed by atoms with Crippen LogP contribution in [0.5, 0.6) is 5.75 Å². The van der Waals surface area contributed by atoms with E-state index in [0.29, 0.717) is 6.07 Å². The van der Waals surface area contributed by atoms with Crippen LogP contribution in [-0.2, 0) is 9.84 Å². The molecule has 1 aromatic rings. The molecule has 7 nitrogen and oxygen atoms in total. The van der Waals surface area contributed by atoms with Gasteiger partial charge < -0.3 is 10.1 Å². The highest BCUT2D eigenvalue weighted by Gasteiger charge is 2.49. The largest absolute Gasteiger partial charge is 0.502 e. The zero-order valence-electron chi connectivity index (χ0n) is 10.9. The Kier molecular flexibility index (Phi) is 4.66. The molecule has 1 aromatic carbocycles. The minimum Gasteiger partial charge on any atom is -0.495 e. The highest BCUT2D eigenvalue weighted by Crippen LogP contribution is 2.40. The van der Waals surface area contributed by atoms with Crippen molar-refractivity contribution >= 4 is 21.2 Å². The number of benzene rings is 1. The Balaban J connectivity index is 3.68. The van der Waals surface area contributed by atoms with Gasteiger partial charge in [-0.3, -0.25) is 10.1 Å². The quantitative estimate of drug-likeness (QED) is 0.658. The van der Waals surface area contributed by atoms with Crippen molar-refractivity contribution in [2.45, 2.75) is 17.3 Å². The molecule has 0 atom stereocenters. The fourth-order valence-corrected chi connectivity index (χ4v) is 2.45. The van der Waals surface area contributed by atoms with E-state index in [9.17, 15) is 31.7 Å². The predicted octanol–water partition coefficient (Wildman–Crippen LogP) is 2.33. The number of sulfone groups is 1. The van der Waals surface area contributed by atoms with Crippen molar-refractivity contribution in [2.24, 2.45) is 0 Å². The lowest BCUT2D eigenvalue weighted by Gasteiger charge is -2.14. The lowest BCUT2D eigenvalue weighted by Crippen LogP contribution is -2.24. The van der Waals surface area contributed by atoms with Crippen molar-refractivity contribution in [2.75, 3.05) is 19.0 Å². The normalized spacial score (nSPS) is 12.0. The number of hydrogen-bond donors (Lipinski definition) is 1. The molecule has 0 heterocycles. The molecular formula is C10H11F3N2O5S. The van der Waals surface area contributed by atoms with Gasteiger partial charge >= 0.3 is 5.51 Å². The molecule has 0 aliphatic heterocycles. The van der Waals surface area contributed by atoms with Crippen molar-refractivity contribution in [1.82, 2.24) is 0 Å². The van der Waals surface area contributed by atoms with E-state index in [-0.39, 0.29) is 12.2 Å². The summed E-state index contributed by atoms with van der Waals surface area (Å²) in [6.45, 7) is 1.85. The molecule has 0 spiro atoms. The summed E-state index contributed by atoms with van der Waals surface area (Å²) in [6.07, 6.45) is 0. The SMILES string of the molecule is CCNc1cc(OC)c(S(=O)(=O)C(F)(F)F)cc1[N+](=O)[O-]. The van der Waals surface area contributed by atoms with Crippen LogP contribution in [0.15, 0.2) is 17.0 Å². The van der Waals surface area contributed by atoms with Crippen LogP contribution < -0.4 is 10.1 Å². The zero-order valence-corrected chi connectivity index (χ0v) is 11.7. The number of nitrogens with one attached hydrogen (secondary N) is 1. The maximum atomic E-state index is 12.6. The standard InChI is InChI=1S/C10H11F3N2O5S/c1-3-14-6-4-8(20-2)9(5-7(6)15(16)17)21(18,19)10(11,12)13/h4-5,14H,3H2,1-2H3. The van der Waals surface area contributed by atoms with Gasteiger partial charge in [-0.25, -0.2) is 8.42 Å². The summed E-state index contributed by atoms with van der Waals surface area (Å²) in [7, 11) is -4.80. The van der Waals surface area contributed by atoms with Crippen molar-refractivity contribution in [3.05, 3.63) is 22.2 Å². The molecule has 0 saturated carbocycles. The highest BCUT2D eigenvalue weighted by atomic mass is 32.2. The Morgan fingerprint density at radius 1 is 1.38 bits per heavy atom. The molecular weight excluding hydrogens is 317 g/mol. The van der Waals surface area contributed by atoms with Crippen LogP contribution in [0.3, 0.4) is 0 Å². The van der Waals surface area contributed by atoms with E-state index in [4.69, 9.17) is 0 Å². The number of halogens is 3. The van der Waals surface area contributed by atoms with E-state index in [0.717, 1.165) is 13.2 Å². The molecule has 0 aromatic heterocycles. The Bertz CT molecular complexity index is 657. The van der Waals surface area contributed by atoms with Crippen molar-refractivity contribution in [3.63, 3.8) is 0 Å². The minimum atomic E-state index is -5.76. The number of methoxy groups -OCH3 is 1. The molecule has 0 aliphatic carbocycles. The average molecular weight is 328 g/mol. The first-order valence-corrected chi connectivity index (χ1v) is 6.96. The number of rotatable bonds is 5. The first-order valence-electron chi connectivity index (χ1n) is 5.48. The van der Waals surface area contributed by atoms with E-state index in [1.54, 1.807) is 6.92 Å². The van der Waals surface area contributed by atoms with Gasteiger partial charge in [0.25, 0.3) is 15.5 Å². The molecule has 0 bridgehead atoms. The van der Waals surface area contributed by atoms with Crippen LogP contribution >= 0.6 is 0 Å². The van der Waals surface area contributed by atoms with Crippen LogP contribution in [0.2, 0.25) is 0 Å². The molecule has 0 amide bonds. The average Bonchev–Trinajstić information content (AvgIpc) is 2.36. The lowest BCUT2D eigenvalue weighted by molar-refractivity contribution is -0.384. The van der Waals surface area contributed by atoms with Gasteiger partial charge in [0.1, 0.15) is 16.3 Å². The number of alkyl halides is 3. The van der Waals surface area contributed by atoms with E-state index in [2.05, 4.69) is 10.1 Å². The van der Waals surface area contributed by atoms with Crippen LogP contribution in [-0.4, -0.2) is 32.5 Å². The number of hydrogen-bond acceptors (Lipinski definition) is 6. The Hall–Kier alpha value is -2.04. The molecule has 0 saturated heterocycles. The molecule has 0 fully saturated rings. The summed E-state index contributed by atoms with van der Waals surface area (Å²) in [5.74, 6) is -0.631. The van der Waals surface area contributed by atoms with Crippen LogP contribution in [0.25, 0.3) is 0 Å². The number of nitrogens with zero attached hydrogens (tertiary/aromatic N) is 1. The minimum absolute atomic E-state index is 0.138. The van der Waals surface area contributed by atoms with Crippen molar-refractivity contribution < 1.29 is 31.2 Å². The number of nitro groups is 1. The predicted molar refractivity (Wildman–Crippen MR) is 67.1 cm³/mol. The highest BCUT2D eigenvalue weighted by molar-refractivity contribution is 7.92. The Labute approximate surface area is 117 Å². The number of nitro benzene ring substituents is 1. The molecule has 21 heavy (non-hydrogen) atoms. The molecule has 0 aliphatic rings. The summed E-state index contributed by atoms with van der Waals surface area (Å²) in [6, 6.07) is 1.18. The smallest absolute Gasteiger partial charge is 0.495 e. The van der Waals surface area contributed by atoms with Gasteiger partial charge in [0.2, 0.25) is 0 Å². The van der Waals surface area contributed by atoms with E-state index < -0.39 is 36.6 Å². The summed E-state index contributed by atoms with van der Waals surface area (Å²) in [4.78, 5) is 8.59. The van der Waals surface area contributed by atoms with Gasteiger partial charge in [0.05, 0.1) is 12.0 Å². The Morgan fingerprint density at radius 3 is 2.33 bits per heavy atom. The maximum absolute atomic E-state index is 12.6. The van der Waals surface area contributed by atoms with Crippen LogP contribution in [0.4, 0.5) is 24.5 Å². The second-order valence-electron chi connectivity index (χ2n) is 3.76. The monoisotopic (exact) mass is 328 g/mol. The lowest BCUT2D eigenvalue weighted by atomic mass is 10.2. The van der Waals surface area contributed by atoms with Gasteiger partial charge in [0, 0.05) is 18.7 Å². The fraction of sp³-hybridized carbons (Fsp3) is 0.400. The third-order valence-corrected chi connectivity index (χ3v) is 3.95. The third kappa shape index (κ3) is 3.17. The Morgan fingerprint density at radius 2 is 1.95 bits per heavy atom. The first kappa shape index (κ1) is 17.0. The molecule has 0 unspecified atom stereocenters. The van der Waals surface area contributed by atoms with Gasteiger partial charge in [0.15, 0.2) is 0 Å². The van der Waals surface area contributed by atoms with Gasteiger partial charge in [-0.2, -0.15) is 13.2 Å². The molecule has 11 heteroatoms. The topological polar surface area (TPSA) is 98.5 Å². The van der Waals surface area contributed by atoms with E-state index >= 15 is 0 Å². The van der Waals surface area contributed by atoms with Crippen LogP contribution in [0.1, 0.15) is 6.92 Å². The van der Waals surface area contributed by atoms with E-state index in [1.165, 1.54) is 0 Å². The number of ether oxygens (including phenoxy) is 1. The van der Waals surface area contributed by atoms with Gasteiger partial charge in [-0.05, 0) is 6.92 Å². The molecule has 1 rings (SSSR count). The van der Waals surface area contributed by atoms with Gasteiger partial charge in [-0.15, -0.1) is 0 Å². The number of anilines is 1. The van der Waals surface area contributed by atoms with E-state index in [1.807, 2.05) is 0 Å². The molecule has 118 valence electrons. The van der Waals surface area contributed by atoms with Crippen molar-refractivity contribution in [3.8, 4) is 5.75 Å². The van der Waals surface area contributed by atoms with Crippen LogP contribution in [0, 0.1) is 10.1 Å². The first-order chi connectivity index (χ1) is 9.56. The summed E-state index contributed by atoms with van der Waals surface area (Å²) >= 11 is 0.